The van der Waals surface area contributed by atoms with Crippen molar-refractivity contribution in [3.63, 3.8) is 0 Å². The highest BCUT2D eigenvalue weighted by molar-refractivity contribution is 5.35. The van der Waals surface area contributed by atoms with Gasteiger partial charge in [-0.25, -0.2) is 4.68 Å². The molecule has 1 fully saturated rings. The highest BCUT2D eigenvalue weighted by atomic mass is 15.4. The van der Waals surface area contributed by atoms with E-state index in [0.29, 0.717) is 17.3 Å². The van der Waals surface area contributed by atoms with Crippen molar-refractivity contribution in [1.29, 1.82) is 0 Å². The lowest BCUT2D eigenvalue weighted by Crippen LogP contribution is -2.36. The molecule has 3 N–H and O–H groups in total. The van der Waals surface area contributed by atoms with Gasteiger partial charge in [0.05, 0.1) is 0 Å². The molecule has 0 bridgehead atoms. The monoisotopic (exact) mass is 273 g/mol. The van der Waals surface area contributed by atoms with E-state index in [1.165, 1.54) is 25.7 Å². The summed E-state index contributed by atoms with van der Waals surface area (Å²) in [5.41, 5.74) is 6.14. The van der Waals surface area contributed by atoms with Crippen LogP contribution < -0.4 is 11.1 Å². The van der Waals surface area contributed by atoms with Gasteiger partial charge in [-0.3, -0.25) is 0 Å². The van der Waals surface area contributed by atoms with E-state index < -0.39 is 0 Å². The van der Waals surface area contributed by atoms with Crippen LogP contribution in [0.4, 0.5) is 11.9 Å². The van der Waals surface area contributed by atoms with E-state index in [1.54, 1.807) is 17.1 Å². The Hall–Kier alpha value is -2.18. The molecule has 0 aromatic carbocycles. The van der Waals surface area contributed by atoms with Gasteiger partial charge in [0.1, 0.15) is 0 Å². The number of rotatable bonds is 5. The standard InChI is InChI=1S/C13H19N7/c1-2-13(5-3-6-13)9-15-11-17-10(14)18-12(19-11)20-8-4-7-16-20/h4,7-8H,2-3,5-6,9H2,1H3,(H3,14,15,17,18,19). The van der Waals surface area contributed by atoms with Crippen LogP contribution in [0.5, 0.6) is 0 Å². The summed E-state index contributed by atoms with van der Waals surface area (Å²) in [6, 6.07) is 1.81. The molecule has 2 aromatic rings. The molecular formula is C13H19N7. The Morgan fingerprint density at radius 2 is 2.20 bits per heavy atom. The fourth-order valence-electron chi connectivity index (χ4n) is 2.55. The van der Waals surface area contributed by atoms with Gasteiger partial charge in [0.25, 0.3) is 5.95 Å². The highest BCUT2D eigenvalue weighted by Gasteiger charge is 2.34. The molecule has 7 heteroatoms. The number of nitrogens with one attached hydrogen (secondary N) is 1. The molecule has 3 rings (SSSR count). The van der Waals surface area contributed by atoms with Crippen LogP contribution in [0.15, 0.2) is 18.5 Å². The van der Waals surface area contributed by atoms with Crippen molar-refractivity contribution >= 4 is 11.9 Å². The molecule has 1 aliphatic carbocycles. The Balaban J connectivity index is 1.76. The average Bonchev–Trinajstić information content (AvgIpc) is 2.91. The summed E-state index contributed by atoms with van der Waals surface area (Å²) in [5, 5.41) is 7.40. The first kappa shape index (κ1) is 12.8. The van der Waals surface area contributed by atoms with Gasteiger partial charge in [0.15, 0.2) is 0 Å². The molecule has 1 saturated carbocycles. The predicted octanol–water partition coefficient (Wildman–Crippen LogP) is 1.63. The van der Waals surface area contributed by atoms with Crippen LogP contribution >= 0.6 is 0 Å². The second kappa shape index (κ2) is 5.07. The first-order chi connectivity index (χ1) is 9.71. The normalized spacial score (nSPS) is 16.6. The summed E-state index contributed by atoms with van der Waals surface area (Å²) < 4.78 is 1.57. The van der Waals surface area contributed by atoms with Crippen molar-refractivity contribution in [3.05, 3.63) is 18.5 Å². The number of aromatic nitrogens is 5. The summed E-state index contributed by atoms with van der Waals surface area (Å²) in [5.74, 6) is 1.15. The van der Waals surface area contributed by atoms with E-state index in [-0.39, 0.29) is 5.95 Å². The van der Waals surface area contributed by atoms with Crippen LogP contribution in [0, 0.1) is 5.41 Å². The Bertz CT molecular complexity index is 569. The Morgan fingerprint density at radius 1 is 1.35 bits per heavy atom. The van der Waals surface area contributed by atoms with Crippen molar-refractivity contribution < 1.29 is 0 Å². The van der Waals surface area contributed by atoms with Crippen LogP contribution in [-0.2, 0) is 0 Å². The molecule has 0 amide bonds. The fraction of sp³-hybridized carbons (Fsp3) is 0.538. The quantitative estimate of drug-likeness (QED) is 0.859. The molecule has 0 saturated heterocycles. The van der Waals surface area contributed by atoms with Crippen LogP contribution in [-0.4, -0.2) is 31.3 Å². The van der Waals surface area contributed by atoms with Crippen LogP contribution in [0.3, 0.4) is 0 Å². The Labute approximate surface area is 117 Å². The van der Waals surface area contributed by atoms with E-state index >= 15 is 0 Å². The molecule has 0 spiro atoms. The summed E-state index contributed by atoms with van der Waals surface area (Å²) >= 11 is 0. The van der Waals surface area contributed by atoms with Crippen LogP contribution in [0.1, 0.15) is 32.6 Å². The van der Waals surface area contributed by atoms with E-state index in [0.717, 1.165) is 6.54 Å². The van der Waals surface area contributed by atoms with Gasteiger partial charge in [-0.15, -0.1) is 0 Å². The average molecular weight is 273 g/mol. The predicted molar refractivity (Wildman–Crippen MR) is 76.4 cm³/mol. The lowest BCUT2D eigenvalue weighted by molar-refractivity contribution is 0.144. The Morgan fingerprint density at radius 3 is 2.80 bits per heavy atom. The smallest absolute Gasteiger partial charge is 0.257 e. The molecule has 0 atom stereocenters. The largest absolute Gasteiger partial charge is 0.368 e. The number of nitrogens with zero attached hydrogens (tertiary/aromatic N) is 5. The summed E-state index contributed by atoms with van der Waals surface area (Å²) in [6.45, 7) is 3.11. The molecule has 0 radical (unpaired) electrons. The second-order valence-electron chi connectivity index (χ2n) is 5.33. The lowest BCUT2D eigenvalue weighted by Gasteiger charge is -2.41. The van der Waals surface area contributed by atoms with Crippen molar-refractivity contribution in [2.24, 2.45) is 5.41 Å². The number of nitrogen functional groups attached to an aromatic ring is 1. The fourth-order valence-corrected chi connectivity index (χ4v) is 2.55. The molecule has 0 aliphatic heterocycles. The SMILES string of the molecule is CCC1(CNc2nc(N)nc(-n3cccn3)n2)CCC1. The van der Waals surface area contributed by atoms with E-state index in [1.807, 2.05) is 6.07 Å². The van der Waals surface area contributed by atoms with Crippen LogP contribution in [0.2, 0.25) is 0 Å². The number of nitrogens with two attached hydrogens (primary N) is 1. The van der Waals surface area contributed by atoms with E-state index in [4.69, 9.17) is 5.73 Å². The third kappa shape index (κ3) is 2.43. The maximum Gasteiger partial charge on any atom is 0.257 e. The molecule has 2 aromatic heterocycles. The summed E-state index contributed by atoms with van der Waals surface area (Å²) in [4.78, 5) is 12.6. The third-order valence-electron chi connectivity index (χ3n) is 4.14. The molecule has 106 valence electrons. The topological polar surface area (TPSA) is 94.5 Å². The van der Waals surface area contributed by atoms with Gasteiger partial charge in [-0.2, -0.15) is 20.1 Å². The minimum absolute atomic E-state index is 0.201. The van der Waals surface area contributed by atoms with Gasteiger partial charge < -0.3 is 11.1 Å². The minimum Gasteiger partial charge on any atom is -0.368 e. The molecule has 7 nitrogen and oxygen atoms in total. The zero-order valence-electron chi connectivity index (χ0n) is 11.6. The van der Waals surface area contributed by atoms with Gasteiger partial charge in [-0.1, -0.05) is 13.3 Å². The molecular weight excluding hydrogens is 254 g/mol. The zero-order chi connectivity index (χ0) is 14.0. The van der Waals surface area contributed by atoms with Crippen molar-refractivity contribution in [2.75, 3.05) is 17.6 Å². The van der Waals surface area contributed by atoms with E-state index in [9.17, 15) is 0 Å². The number of hydrogen-bond acceptors (Lipinski definition) is 6. The number of anilines is 2. The van der Waals surface area contributed by atoms with Gasteiger partial charge in [0.2, 0.25) is 11.9 Å². The first-order valence-corrected chi connectivity index (χ1v) is 6.96. The number of hydrogen-bond donors (Lipinski definition) is 2. The Kier molecular flexibility index (Phi) is 3.25. The van der Waals surface area contributed by atoms with Gasteiger partial charge in [0, 0.05) is 18.9 Å². The maximum atomic E-state index is 5.74. The molecule has 2 heterocycles. The van der Waals surface area contributed by atoms with Crippen molar-refractivity contribution in [1.82, 2.24) is 24.7 Å². The van der Waals surface area contributed by atoms with Crippen molar-refractivity contribution in [3.8, 4) is 5.95 Å². The van der Waals surface area contributed by atoms with Crippen molar-refractivity contribution in [2.45, 2.75) is 32.6 Å². The van der Waals surface area contributed by atoms with Gasteiger partial charge >= 0.3 is 0 Å². The maximum absolute atomic E-state index is 5.74. The first-order valence-electron chi connectivity index (χ1n) is 6.96. The summed E-state index contributed by atoms with van der Waals surface area (Å²) in [6.07, 6.45) is 8.47. The second-order valence-corrected chi connectivity index (χ2v) is 5.33. The third-order valence-corrected chi connectivity index (χ3v) is 4.14. The molecule has 20 heavy (non-hydrogen) atoms. The van der Waals surface area contributed by atoms with Gasteiger partial charge in [-0.05, 0) is 30.7 Å². The molecule has 0 unspecified atom stereocenters. The van der Waals surface area contributed by atoms with Crippen LogP contribution in [0.25, 0.3) is 5.95 Å². The highest BCUT2D eigenvalue weighted by Crippen LogP contribution is 2.43. The zero-order valence-corrected chi connectivity index (χ0v) is 11.6. The minimum atomic E-state index is 0.201. The lowest BCUT2D eigenvalue weighted by atomic mass is 9.67. The summed E-state index contributed by atoms with van der Waals surface area (Å²) in [7, 11) is 0. The molecule has 1 aliphatic rings. The van der Waals surface area contributed by atoms with E-state index in [2.05, 4.69) is 32.3 Å².